The molecule has 0 saturated carbocycles. The van der Waals surface area contributed by atoms with Crippen molar-refractivity contribution in [1.82, 2.24) is 10.2 Å². The maximum absolute atomic E-state index is 13.1. The summed E-state index contributed by atoms with van der Waals surface area (Å²) in [5, 5.41) is 2.81. The van der Waals surface area contributed by atoms with Crippen LogP contribution in [0.3, 0.4) is 0 Å². The molecule has 0 radical (unpaired) electrons. The van der Waals surface area contributed by atoms with E-state index in [1.54, 1.807) is 25.7 Å². The van der Waals surface area contributed by atoms with E-state index in [0.29, 0.717) is 0 Å². The number of alkyl halides is 3. The third-order valence-corrected chi connectivity index (χ3v) is 7.92. The molecule has 1 aliphatic rings. The molecule has 14 heteroatoms. The van der Waals surface area contributed by atoms with Crippen LogP contribution in [-0.2, 0) is 21.1 Å². The Morgan fingerprint density at radius 1 is 1.02 bits per heavy atom. The zero-order chi connectivity index (χ0) is 29.9. The molecule has 3 rings (SSSR count). The average Bonchev–Trinajstić information content (AvgIpc) is 2.85. The monoisotopic (exact) mass is 605 g/mol. The molecule has 1 N–H and O–H groups in total. The lowest BCUT2D eigenvalue weighted by Gasteiger charge is -2.37. The molecule has 2 amide bonds. The second kappa shape index (κ2) is 12.1. The van der Waals surface area contributed by atoms with Crippen LogP contribution in [0.25, 0.3) is 0 Å². The predicted octanol–water partition coefficient (Wildman–Crippen LogP) is 5.02. The first kappa shape index (κ1) is 31.3. The van der Waals surface area contributed by atoms with Crippen LogP contribution in [0.4, 0.5) is 23.7 Å². The van der Waals surface area contributed by atoms with E-state index >= 15 is 0 Å². The molecule has 220 valence electrons. The van der Waals surface area contributed by atoms with Crippen LogP contribution in [0.1, 0.15) is 43.6 Å². The minimum absolute atomic E-state index is 0.00240. The Bertz CT molecular complexity index is 1350. The van der Waals surface area contributed by atoms with Gasteiger partial charge in [0.2, 0.25) is 0 Å². The number of piperazine rings is 1. The van der Waals surface area contributed by atoms with Gasteiger partial charge in [0.05, 0.1) is 10.6 Å². The summed E-state index contributed by atoms with van der Waals surface area (Å²) >= 11 is 6.02. The molecule has 0 aromatic heterocycles. The van der Waals surface area contributed by atoms with Crippen molar-refractivity contribution in [2.24, 2.45) is 0 Å². The van der Waals surface area contributed by atoms with Gasteiger partial charge in [-0.25, -0.2) is 13.2 Å². The summed E-state index contributed by atoms with van der Waals surface area (Å²) in [6, 6.07) is 7.69. The van der Waals surface area contributed by atoms with Crippen molar-refractivity contribution in [2.45, 2.75) is 51.1 Å². The van der Waals surface area contributed by atoms with Gasteiger partial charge in [-0.15, -0.1) is 13.2 Å². The zero-order valence-corrected chi connectivity index (χ0v) is 24.0. The summed E-state index contributed by atoms with van der Waals surface area (Å²) in [7, 11) is -3.63. The molecule has 2 aromatic rings. The number of carbonyl (C=O) groups is 2. The lowest BCUT2D eigenvalue weighted by Crippen LogP contribution is -2.50. The quantitative estimate of drug-likeness (QED) is 0.472. The van der Waals surface area contributed by atoms with E-state index in [0.717, 1.165) is 12.1 Å². The number of benzene rings is 2. The number of anilines is 1. The summed E-state index contributed by atoms with van der Waals surface area (Å²) in [5.41, 5.74) is -0.281. The van der Waals surface area contributed by atoms with Gasteiger partial charge in [0.15, 0.2) is 9.84 Å². The maximum Gasteiger partial charge on any atom is 0.573 e. The van der Waals surface area contributed by atoms with Gasteiger partial charge < -0.3 is 24.6 Å². The van der Waals surface area contributed by atoms with Crippen molar-refractivity contribution < 1.29 is 40.7 Å². The molecule has 0 bridgehead atoms. The van der Waals surface area contributed by atoms with Crippen LogP contribution in [-0.4, -0.2) is 69.2 Å². The Balaban J connectivity index is 1.82. The largest absolute Gasteiger partial charge is 0.573 e. The molecule has 0 spiro atoms. The number of nitrogens with zero attached hydrogens (tertiary/aromatic N) is 2. The van der Waals surface area contributed by atoms with Gasteiger partial charge in [-0.2, -0.15) is 0 Å². The lowest BCUT2D eigenvalue weighted by molar-refractivity contribution is -0.274. The van der Waals surface area contributed by atoms with Crippen molar-refractivity contribution >= 4 is 39.1 Å². The van der Waals surface area contributed by atoms with Crippen molar-refractivity contribution in [2.75, 3.05) is 36.8 Å². The van der Waals surface area contributed by atoms with Gasteiger partial charge in [0.1, 0.15) is 11.4 Å². The summed E-state index contributed by atoms with van der Waals surface area (Å²) in [4.78, 5) is 28.6. The fourth-order valence-corrected chi connectivity index (χ4v) is 5.30. The number of nitrogens with one attached hydrogen (secondary N) is 1. The summed E-state index contributed by atoms with van der Waals surface area (Å²) in [6.07, 6.45) is -5.49. The van der Waals surface area contributed by atoms with Crippen LogP contribution in [0.15, 0.2) is 41.3 Å². The molecule has 2 aromatic carbocycles. The van der Waals surface area contributed by atoms with Gasteiger partial charge >= 0.3 is 12.5 Å². The smallest absolute Gasteiger partial charge is 0.444 e. The molecule has 1 saturated heterocycles. The van der Waals surface area contributed by atoms with Crippen LogP contribution in [0, 0.1) is 0 Å². The van der Waals surface area contributed by atoms with Crippen LogP contribution < -0.4 is 15.0 Å². The highest BCUT2D eigenvalue weighted by molar-refractivity contribution is 7.91. The van der Waals surface area contributed by atoms with Crippen molar-refractivity contribution in [3.05, 3.63) is 52.5 Å². The van der Waals surface area contributed by atoms with E-state index in [-0.39, 0.29) is 65.2 Å². The highest BCUT2D eigenvalue weighted by Crippen LogP contribution is 2.30. The van der Waals surface area contributed by atoms with Crippen LogP contribution in [0.2, 0.25) is 5.02 Å². The van der Waals surface area contributed by atoms with E-state index in [1.807, 2.05) is 0 Å². The van der Waals surface area contributed by atoms with Gasteiger partial charge in [-0.1, -0.05) is 18.5 Å². The SMILES string of the molecule is CCS(=O)(=O)c1ccc(Cl)cc1CNC(=O)c1cc(OC(F)(F)F)cc(N2CCN(C(=O)OC(C)(C)C)CC2)c1. The maximum atomic E-state index is 13.1. The number of carbonyl (C=O) groups excluding carboxylic acids is 2. The normalized spacial score (nSPS) is 14.6. The number of ether oxygens (including phenoxy) is 2. The number of sulfone groups is 1. The zero-order valence-electron chi connectivity index (χ0n) is 22.5. The Hall–Kier alpha value is -3.19. The van der Waals surface area contributed by atoms with E-state index in [1.165, 1.54) is 36.1 Å². The minimum atomic E-state index is -4.99. The standard InChI is InChI=1S/C26H31ClF3N3O6S/c1-5-40(36,37)22-7-6-19(27)12-18(22)16-31-23(34)17-13-20(15-21(14-17)38-26(28,29)30)32-8-10-33(11-9-32)24(35)39-25(2,3)4/h6-7,12-15H,5,8-11,16H2,1-4H3,(H,31,34). The molecule has 1 fully saturated rings. The van der Waals surface area contributed by atoms with E-state index in [4.69, 9.17) is 16.3 Å². The van der Waals surface area contributed by atoms with Crippen LogP contribution in [0.5, 0.6) is 5.75 Å². The lowest BCUT2D eigenvalue weighted by atomic mass is 10.1. The molecule has 0 aliphatic carbocycles. The molecule has 1 aliphatic heterocycles. The number of amides is 2. The second-order valence-electron chi connectivity index (χ2n) is 10.1. The molecule has 0 unspecified atom stereocenters. The Morgan fingerprint density at radius 3 is 2.25 bits per heavy atom. The Morgan fingerprint density at radius 2 is 1.68 bits per heavy atom. The first-order valence-corrected chi connectivity index (χ1v) is 14.4. The number of halogens is 4. The number of rotatable bonds is 7. The van der Waals surface area contributed by atoms with Gasteiger partial charge in [0, 0.05) is 55.1 Å². The Labute approximate surface area is 236 Å². The molecule has 0 atom stereocenters. The van der Waals surface area contributed by atoms with Gasteiger partial charge in [-0.05, 0) is 56.7 Å². The van der Waals surface area contributed by atoms with E-state index in [9.17, 15) is 31.2 Å². The number of hydrogen-bond acceptors (Lipinski definition) is 7. The Kier molecular flexibility index (Phi) is 9.50. The summed E-state index contributed by atoms with van der Waals surface area (Å²) in [6.45, 7) is 7.54. The van der Waals surface area contributed by atoms with Crippen molar-refractivity contribution in [3.8, 4) is 5.75 Å². The van der Waals surface area contributed by atoms with E-state index in [2.05, 4.69) is 10.1 Å². The molecular formula is C26H31ClF3N3O6S. The van der Waals surface area contributed by atoms with Gasteiger partial charge in [-0.3, -0.25) is 4.79 Å². The third-order valence-electron chi connectivity index (χ3n) is 5.86. The number of hydrogen-bond donors (Lipinski definition) is 1. The molecule has 9 nitrogen and oxygen atoms in total. The molecule has 40 heavy (non-hydrogen) atoms. The summed E-state index contributed by atoms with van der Waals surface area (Å²) < 4.78 is 73.6. The average molecular weight is 606 g/mol. The second-order valence-corrected chi connectivity index (χ2v) is 12.7. The first-order valence-electron chi connectivity index (χ1n) is 12.4. The van der Waals surface area contributed by atoms with Crippen molar-refractivity contribution in [3.63, 3.8) is 0 Å². The minimum Gasteiger partial charge on any atom is -0.444 e. The highest BCUT2D eigenvalue weighted by Gasteiger charge is 2.32. The first-order chi connectivity index (χ1) is 18.5. The molecular weight excluding hydrogens is 575 g/mol. The molecule has 1 heterocycles. The predicted molar refractivity (Wildman–Crippen MR) is 143 cm³/mol. The third kappa shape index (κ3) is 8.65. The fraction of sp³-hybridized carbons (Fsp3) is 0.462. The van der Waals surface area contributed by atoms with Gasteiger partial charge in [0.25, 0.3) is 5.91 Å². The van der Waals surface area contributed by atoms with Crippen LogP contribution >= 0.6 is 11.6 Å². The van der Waals surface area contributed by atoms with E-state index < -0.39 is 39.6 Å². The van der Waals surface area contributed by atoms with Crippen molar-refractivity contribution in [1.29, 1.82) is 0 Å². The highest BCUT2D eigenvalue weighted by atomic mass is 35.5. The fourth-order valence-electron chi connectivity index (χ4n) is 3.99. The summed E-state index contributed by atoms with van der Waals surface area (Å²) in [5.74, 6) is -1.51. The topological polar surface area (TPSA) is 105 Å².